The van der Waals surface area contributed by atoms with Crippen molar-refractivity contribution in [2.75, 3.05) is 20.1 Å². The molecule has 0 saturated carbocycles. The van der Waals surface area contributed by atoms with Crippen LogP contribution in [0.1, 0.15) is 17.3 Å². The van der Waals surface area contributed by atoms with Gasteiger partial charge >= 0.3 is 0 Å². The van der Waals surface area contributed by atoms with Crippen molar-refractivity contribution in [3.8, 4) is 0 Å². The Labute approximate surface area is 107 Å². The highest BCUT2D eigenvalue weighted by Gasteiger charge is 2.07. The zero-order valence-corrected chi connectivity index (χ0v) is 10.7. The summed E-state index contributed by atoms with van der Waals surface area (Å²) in [5, 5.41) is 8.30. The minimum Gasteiger partial charge on any atom is -0.353 e. The van der Waals surface area contributed by atoms with E-state index in [1.165, 1.54) is 0 Å². The van der Waals surface area contributed by atoms with E-state index in [0.29, 0.717) is 12.1 Å². The van der Waals surface area contributed by atoms with Crippen LogP contribution in [0.2, 0.25) is 0 Å². The Hall–Kier alpha value is -1.88. The molecule has 0 aliphatic rings. The molecule has 2 amide bonds. The van der Waals surface area contributed by atoms with Crippen LogP contribution < -0.4 is 16.0 Å². The summed E-state index contributed by atoms with van der Waals surface area (Å²) in [6, 6.07) is 9.02. The van der Waals surface area contributed by atoms with Crippen molar-refractivity contribution in [3.63, 3.8) is 0 Å². The zero-order valence-electron chi connectivity index (χ0n) is 10.7. The Kier molecular flexibility index (Phi) is 5.87. The fourth-order valence-corrected chi connectivity index (χ4v) is 1.28. The first-order chi connectivity index (χ1) is 8.63. The number of rotatable bonds is 6. The zero-order chi connectivity index (χ0) is 13.4. The highest BCUT2D eigenvalue weighted by molar-refractivity contribution is 5.96. The van der Waals surface area contributed by atoms with E-state index in [2.05, 4.69) is 16.0 Å². The fraction of sp³-hybridized carbons (Fsp3) is 0.385. The van der Waals surface area contributed by atoms with E-state index in [9.17, 15) is 9.59 Å². The molecule has 0 bridgehead atoms. The van der Waals surface area contributed by atoms with Crippen LogP contribution in [0.25, 0.3) is 0 Å². The molecule has 1 aromatic rings. The quantitative estimate of drug-likeness (QED) is 0.671. The van der Waals surface area contributed by atoms with Gasteiger partial charge in [-0.3, -0.25) is 9.59 Å². The molecular weight excluding hydrogens is 230 g/mol. The van der Waals surface area contributed by atoms with Gasteiger partial charge in [-0.1, -0.05) is 18.2 Å². The Bertz CT molecular complexity index is 392. The summed E-state index contributed by atoms with van der Waals surface area (Å²) in [4.78, 5) is 23.1. The third kappa shape index (κ3) is 4.97. The van der Waals surface area contributed by atoms with Gasteiger partial charge in [0.15, 0.2) is 0 Å². The van der Waals surface area contributed by atoms with Crippen LogP contribution in [0.4, 0.5) is 0 Å². The number of benzene rings is 1. The summed E-state index contributed by atoms with van der Waals surface area (Å²) in [7, 11) is 1.83. The number of carbonyl (C=O) groups is 2. The molecule has 0 spiro atoms. The third-order valence-corrected chi connectivity index (χ3v) is 2.54. The molecule has 0 aliphatic carbocycles. The molecule has 1 atom stereocenters. The van der Waals surface area contributed by atoms with Crippen molar-refractivity contribution in [3.05, 3.63) is 35.9 Å². The number of carbonyl (C=O) groups excluding carboxylic acids is 2. The molecule has 18 heavy (non-hydrogen) atoms. The van der Waals surface area contributed by atoms with E-state index in [4.69, 9.17) is 0 Å². The molecule has 0 aliphatic heterocycles. The van der Waals surface area contributed by atoms with Crippen molar-refractivity contribution >= 4 is 11.8 Å². The van der Waals surface area contributed by atoms with Crippen LogP contribution in [-0.4, -0.2) is 38.0 Å². The summed E-state index contributed by atoms with van der Waals surface area (Å²) < 4.78 is 0. The van der Waals surface area contributed by atoms with E-state index >= 15 is 0 Å². The van der Waals surface area contributed by atoms with Crippen LogP contribution in [0.5, 0.6) is 0 Å². The van der Waals surface area contributed by atoms with Crippen LogP contribution in [-0.2, 0) is 4.79 Å². The SMILES string of the molecule is CNC(C)CNC(=O)CNC(=O)c1ccccc1. The third-order valence-electron chi connectivity index (χ3n) is 2.54. The highest BCUT2D eigenvalue weighted by atomic mass is 16.2. The minimum absolute atomic E-state index is 0.00976. The Balaban J connectivity index is 2.28. The molecule has 1 unspecified atom stereocenters. The first kappa shape index (κ1) is 14.2. The van der Waals surface area contributed by atoms with Crippen LogP contribution in [0.15, 0.2) is 30.3 Å². The number of amides is 2. The van der Waals surface area contributed by atoms with Crippen LogP contribution >= 0.6 is 0 Å². The van der Waals surface area contributed by atoms with Crippen molar-refractivity contribution in [1.82, 2.24) is 16.0 Å². The number of hydrogen-bond acceptors (Lipinski definition) is 3. The molecule has 0 saturated heterocycles. The highest BCUT2D eigenvalue weighted by Crippen LogP contribution is 1.97. The lowest BCUT2D eigenvalue weighted by atomic mass is 10.2. The van der Waals surface area contributed by atoms with Gasteiger partial charge in [-0.05, 0) is 26.1 Å². The van der Waals surface area contributed by atoms with Crippen LogP contribution in [0.3, 0.4) is 0 Å². The topological polar surface area (TPSA) is 70.2 Å². The predicted octanol–water partition coefficient (Wildman–Crippen LogP) is 0.141. The average molecular weight is 249 g/mol. The van der Waals surface area contributed by atoms with Gasteiger partial charge in [-0.15, -0.1) is 0 Å². The molecule has 5 heteroatoms. The second kappa shape index (κ2) is 7.45. The molecule has 98 valence electrons. The molecule has 0 fully saturated rings. The maximum Gasteiger partial charge on any atom is 0.251 e. The second-order valence-corrected chi connectivity index (χ2v) is 4.04. The second-order valence-electron chi connectivity index (χ2n) is 4.04. The van der Waals surface area contributed by atoms with Gasteiger partial charge in [0.05, 0.1) is 6.54 Å². The maximum atomic E-state index is 11.6. The van der Waals surface area contributed by atoms with E-state index in [0.717, 1.165) is 0 Å². The molecule has 0 heterocycles. The summed E-state index contributed by atoms with van der Waals surface area (Å²) in [5.41, 5.74) is 0.550. The van der Waals surface area contributed by atoms with E-state index in [1.54, 1.807) is 24.3 Å². The summed E-state index contributed by atoms with van der Waals surface area (Å²) >= 11 is 0. The Morgan fingerprint density at radius 1 is 1.17 bits per heavy atom. The average Bonchev–Trinajstić information content (AvgIpc) is 2.42. The molecule has 0 radical (unpaired) electrons. The van der Waals surface area contributed by atoms with Crippen molar-refractivity contribution in [1.29, 1.82) is 0 Å². The Morgan fingerprint density at radius 3 is 2.44 bits per heavy atom. The maximum absolute atomic E-state index is 11.6. The Morgan fingerprint density at radius 2 is 1.83 bits per heavy atom. The summed E-state index contributed by atoms with van der Waals surface area (Å²) in [6.07, 6.45) is 0. The van der Waals surface area contributed by atoms with Gasteiger partial charge in [0, 0.05) is 18.2 Å². The normalized spacial score (nSPS) is 11.7. The van der Waals surface area contributed by atoms with Gasteiger partial charge in [-0.25, -0.2) is 0 Å². The standard InChI is InChI=1S/C13H19N3O2/c1-10(14-2)8-15-12(17)9-16-13(18)11-6-4-3-5-7-11/h3-7,10,14H,8-9H2,1-2H3,(H,15,17)(H,16,18). The van der Waals surface area contributed by atoms with Crippen molar-refractivity contribution in [2.24, 2.45) is 0 Å². The molecule has 5 nitrogen and oxygen atoms in total. The van der Waals surface area contributed by atoms with Gasteiger partial charge in [0.25, 0.3) is 5.91 Å². The van der Waals surface area contributed by atoms with Gasteiger partial charge < -0.3 is 16.0 Å². The first-order valence-electron chi connectivity index (χ1n) is 5.90. The summed E-state index contributed by atoms with van der Waals surface area (Å²) in [5.74, 6) is -0.436. The monoisotopic (exact) mass is 249 g/mol. The molecule has 1 aromatic carbocycles. The summed E-state index contributed by atoms with van der Waals surface area (Å²) in [6.45, 7) is 2.49. The number of hydrogen-bond donors (Lipinski definition) is 3. The molecule has 1 rings (SSSR count). The fourth-order valence-electron chi connectivity index (χ4n) is 1.28. The minimum atomic E-state index is -0.243. The van der Waals surface area contributed by atoms with E-state index < -0.39 is 0 Å². The van der Waals surface area contributed by atoms with Crippen molar-refractivity contribution < 1.29 is 9.59 Å². The molecule has 3 N–H and O–H groups in total. The van der Waals surface area contributed by atoms with Crippen LogP contribution in [0, 0.1) is 0 Å². The van der Waals surface area contributed by atoms with Gasteiger partial charge in [-0.2, -0.15) is 0 Å². The lowest BCUT2D eigenvalue weighted by molar-refractivity contribution is -0.120. The smallest absolute Gasteiger partial charge is 0.251 e. The van der Waals surface area contributed by atoms with Gasteiger partial charge in [0.2, 0.25) is 5.91 Å². The van der Waals surface area contributed by atoms with Crippen molar-refractivity contribution in [2.45, 2.75) is 13.0 Å². The van der Waals surface area contributed by atoms with E-state index in [1.807, 2.05) is 20.0 Å². The molecular formula is C13H19N3O2. The molecule has 0 aromatic heterocycles. The largest absolute Gasteiger partial charge is 0.353 e. The number of nitrogens with one attached hydrogen (secondary N) is 3. The van der Waals surface area contributed by atoms with E-state index in [-0.39, 0.29) is 24.4 Å². The lowest BCUT2D eigenvalue weighted by Gasteiger charge is -2.11. The first-order valence-corrected chi connectivity index (χ1v) is 5.90. The lowest BCUT2D eigenvalue weighted by Crippen LogP contribution is -2.42. The number of likely N-dealkylation sites (N-methyl/N-ethyl adjacent to an activating group) is 1. The van der Waals surface area contributed by atoms with Gasteiger partial charge in [0.1, 0.15) is 0 Å². The predicted molar refractivity (Wildman–Crippen MR) is 70.3 cm³/mol.